The van der Waals surface area contributed by atoms with Crippen LogP contribution in [-0.4, -0.2) is 77.6 Å². The molecule has 0 radical (unpaired) electrons. The molecule has 0 aliphatic carbocycles. The Labute approximate surface area is 242 Å². The van der Waals surface area contributed by atoms with Gasteiger partial charge in [-0.15, -0.1) is 0 Å². The zero-order valence-electron chi connectivity index (χ0n) is 18.9. The van der Waals surface area contributed by atoms with Crippen LogP contribution < -0.4 is 16.8 Å². The largest absolute Gasteiger partial charge is 0.478 e. The van der Waals surface area contributed by atoms with Crippen molar-refractivity contribution >= 4 is 110 Å². The van der Waals surface area contributed by atoms with Crippen molar-refractivity contribution in [2.45, 2.75) is 19.3 Å². The second kappa shape index (κ2) is 13.5. The number of nitrogens with one attached hydrogen (secondary N) is 1. The van der Waals surface area contributed by atoms with E-state index in [2.05, 4.69) is 5.32 Å². The van der Waals surface area contributed by atoms with E-state index in [0.717, 1.165) is 3.11 Å². The van der Waals surface area contributed by atoms with E-state index < -0.39 is 72.4 Å². The Morgan fingerprint density at radius 3 is 1.46 bits per heavy atom. The molecule has 0 aromatic heterocycles. The first-order chi connectivity index (χ1) is 16.1. The van der Waals surface area contributed by atoms with Crippen molar-refractivity contribution in [1.82, 2.24) is 9.34 Å². The molecule has 0 saturated carbocycles. The Hall–Kier alpha value is -1.81. The Morgan fingerprint density at radius 2 is 1.14 bits per heavy atom. The maximum absolute atomic E-state index is 12.7. The highest BCUT2D eigenvalue weighted by molar-refractivity contribution is 14.1. The van der Waals surface area contributed by atoms with Crippen LogP contribution in [-0.2, 0) is 38.4 Å². The summed E-state index contributed by atoms with van der Waals surface area (Å²) in [4.78, 5) is 75.3. The highest BCUT2D eigenvalue weighted by atomic mass is 127. The third kappa shape index (κ3) is 8.10. The normalized spacial score (nSPS) is 10.4. The zero-order chi connectivity index (χ0) is 27.2. The first-order valence-electron chi connectivity index (χ1n) is 9.64. The van der Waals surface area contributed by atoms with Crippen LogP contribution in [0.25, 0.3) is 0 Å². The number of carbonyl (C=O) groups is 6. The number of hydrogen-bond donors (Lipinski definition) is 4. The molecule has 5 amide bonds. The number of amides is 5. The van der Waals surface area contributed by atoms with Gasteiger partial charge in [0.1, 0.15) is 0 Å². The molecule has 16 heteroatoms. The molecule has 192 valence electrons. The number of aromatic carboxylic acids is 1. The lowest BCUT2D eigenvalue weighted by Gasteiger charge is -2.25. The second-order valence-corrected chi connectivity index (χ2v) is 11.5. The van der Waals surface area contributed by atoms with E-state index in [1.165, 1.54) is 27.4 Å². The quantitative estimate of drug-likeness (QED) is 0.193. The molecular weight excluding hydrogens is 805 g/mol. The number of benzene rings is 1. The molecule has 0 atom stereocenters. The van der Waals surface area contributed by atoms with E-state index in [9.17, 15) is 33.9 Å². The van der Waals surface area contributed by atoms with Crippen molar-refractivity contribution in [3.63, 3.8) is 0 Å². The molecule has 13 nitrogen and oxygen atoms in total. The topological polar surface area (TPSA) is 196 Å². The average molecular weight is 828 g/mol. The molecule has 0 unspecified atom stereocenters. The highest BCUT2D eigenvalue weighted by Gasteiger charge is 2.33. The van der Waals surface area contributed by atoms with Gasteiger partial charge in [-0.1, -0.05) is 0 Å². The fourth-order valence-electron chi connectivity index (χ4n) is 3.13. The minimum Gasteiger partial charge on any atom is -0.478 e. The summed E-state index contributed by atoms with van der Waals surface area (Å²) in [6.07, 6.45) is -1.57. The molecule has 1 aromatic carbocycles. The standard InChI is InChI=1S/C19H23I3N6O7/c1-26(20)12(30)4-8-15(18(24)33)9(5-13(31)27(2)21)17(25-11(29)7-23)10(16(8)19(34)35)6-14(32)28(3)22/h4-7,23H2,1-3H3,(H2,24,33)(H,25,29)(H,34,35). The molecule has 0 aliphatic heterocycles. The minimum atomic E-state index is -1.56. The van der Waals surface area contributed by atoms with E-state index in [1.54, 1.807) is 68.6 Å². The Bertz CT molecular complexity index is 1010. The summed E-state index contributed by atoms with van der Waals surface area (Å²) >= 11 is 5.08. The van der Waals surface area contributed by atoms with Crippen LogP contribution >= 0.6 is 68.6 Å². The number of likely N-dealkylation sites (N-methyl/N-ethyl adjacent to an activating group) is 3. The summed E-state index contributed by atoms with van der Waals surface area (Å²) in [5.41, 5.74) is 9.31. The van der Waals surface area contributed by atoms with Gasteiger partial charge in [0.2, 0.25) is 29.5 Å². The lowest BCUT2D eigenvalue weighted by molar-refractivity contribution is -0.124. The second-order valence-electron chi connectivity index (χ2n) is 7.13. The minimum absolute atomic E-state index is 0.115. The van der Waals surface area contributed by atoms with Crippen LogP contribution in [0.15, 0.2) is 0 Å². The molecule has 1 aromatic rings. The molecule has 0 spiro atoms. The van der Waals surface area contributed by atoms with Crippen LogP contribution in [0.2, 0.25) is 0 Å². The number of primary amides is 1. The van der Waals surface area contributed by atoms with Crippen molar-refractivity contribution in [3.05, 3.63) is 27.8 Å². The van der Waals surface area contributed by atoms with Gasteiger partial charge in [0.05, 0.1) is 100.0 Å². The van der Waals surface area contributed by atoms with Gasteiger partial charge in [-0.25, -0.2) is 4.79 Å². The maximum atomic E-state index is 12.7. The predicted molar refractivity (Wildman–Crippen MR) is 151 cm³/mol. The summed E-state index contributed by atoms with van der Waals surface area (Å²) in [7, 11) is 4.31. The third-order valence-electron chi connectivity index (χ3n) is 4.74. The smallest absolute Gasteiger partial charge is 0.336 e. The van der Waals surface area contributed by atoms with Gasteiger partial charge in [0.15, 0.2) is 0 Å². The Balaban J connectivity index is 4.31. The van der Waals surface area contributed by atoms with Gasteiger partial charge >= 0.3 is 5.97 Å². The Kier molecular flexibility index (Phi) is 12.0. The fraction of sp³-hybridized carbons (Fsp3) is 0.368. The van der Waals surface area contributed by atoms with Crippen LogP contribution in [0.5, 0.6) is 0 Å². The number of halogens is 3. The van der Waals surface area contributed by atoms with Crippen LogP contribution in [0, 0.1) is 0 Å². The van der Waals surface area contributed by atoms with Crippen LogP contribution in [0.3, 0.4) is 0 Å². The number of nitrogens with two attached hydrogens (primary N) is 2. The first-order valence-corrected chi connectivity index (χ1v) is 12.5. The van der Waals surface area contributed by atoms with Crippen molar-refractivity contribution < 1.29 is 33.9 Å². The van der Waals surface area contributed by atoms with E-state index in [-0.39, 0.29) is 22.4 Å². The summed E-state index contributed by atoms with van der Waals surface area (Å²) in [5.74, 6) is -5.07. The van der Waals surface area contributed by atoms with Gasteiger partial charge in [-0.3, -0.25) is 33.3 Å². The lowest BCUT2D eigenvalue weighted by atomic mass is 9.84. The van der Waals surface area contributed by atoms with Crippen molar-refractivity contribution in [3.8, 4) is 0 Å². The van der Waals surface area contributed by atoms with Crippen LogP contribution in [0.4, 0.5) is 5.69 Å². The summed E-state index contributed by atoms with van der Waals surface area (Å²) in [5, 5.41) is 12.5. The molecule has 0 fully saturated rings. The van der Waals surface area contributed by atoms with Gasteiger partial charge in [0.25, 0.3) is 0 Å². The number of nitrogens with zero attached hydrogens (tertiary/aromatic N) is 3. The zero-order valence-corrected chi connectivity index (χ0v) is 25.3. The summed E-state index contributed by atoms with van der Waals surface area (Å²) in [6, 6.07) is 0. The van der Waals surface area contributed by atoms with Gasteiger partial charge in [0, 0.05) is 38.0 Å². The lowest BCUT2D eigenvalue weighted by Crippen LogP contribution is -2.32. The third-order valence-corrected chi connectivity index (χ3v) is 6.35. The predicted octanol–water partition coefficient (Wildman–Crippen LogP) is 0.434. The van der Waals surface area contributed by atoms with E-state index in [4.69, 9.17) is 11.5 Å². The number of carboxylic acid groups (broad SMARTS) is 1. The molecule has 35 heavy (non-hydrogen) atoms. The number of anilines is 1. The van der Waals surface area contributed by atoms with Gasteiger partial charge < -0.3 is 21.9 Å². The van der Waals surface area contributed by atoms with E-state index in [1.807, 2.05) is 0 Å². The average Bonchev–Trinajstić information content (AvgIpc) is 2.74. The van der Waals surface area contributed by atoms with Crippen molar-refractivity contribution in [1.29, 1.82) is 0 Å². The summed E-state index contributed by atoms with van der Waals surface area (Å²) in [6.45, 7) is -0.507. The maximum Gasteiger partial charge on any atom is 0.336 e. The number of rotatable bonds is 10. The summed E-state index contributed by atoms with van der Waals surface area (Å²) < 4.78 is 3.52. The molecule has 0 aliphatic rings. The molecule has 0 saturated heterocycles. The molecule has 1 rings (SSSR count). The number of carbonyl (C=O) groups excluding carboxylic acids is 5. The SMILES string of the molecule is CN(I)C(=O)Cc1c(NC(=O)CN)c(CC(=O)N(C)I)c(C(=O)O)c(CC(=O)N(C)I)c1C(N)=O. The van der Waals surface area contributed by atoms with Crippen LogP contribution in [0.1, 0.15) is 37.4 Å². The highest BCUT2D eigenvalue weighted by Crippen LogP contribution is 2.35. The molecule has 0 heterocycles. The van der Waals surface area contributed by atoms with E-state index >= 15 is 0 Å². The monoisotopic (exact) mass is 828 g/mol. The number of hydrogen-bond acceptors (Lipinski definition) is 7. The fourth-order valence-corrected chi connectivity index (χ4v) is 3.64. The van der Waals surface area contributed by atoms with E-state index in [0.29, 0.717) is 0 Å². The van der Waals surface area contributed by atoms with Crippen molar-refractivity contribution in [2.24, 2.45) is 11.5 Å². The van der Waals surface area contributed by atoms with Gasteiger partial charge in [-0.05, 0) is 11.1 Å². The molecular formula is C19H23I3N6O7. The van der Waals surface area contributed by atoms with Gasteiger partial charge in [-0.2, -0.15) is 0 Å². The first kappa shape index (κ1) is 31.2. The van der Waals surface area contributed by atoms with Crippen molar-refractivity contribution in [2.75, 3.05) is 33.0 Å². The molecule has 6 N–H and O–H groups in total. The number of carboxylic acids is 1. The molecule has 0 bridgehead atoms. The Morgan fingerprint density at radius 1 is 0.771 bits per heavy atom.